The predicted octanol–water partition coefficient (Wildman–Crippen LogP) is 1.77. The molecule has 0 aromatic heterocycles. The molecule has 0 heterocycles. The van der Waals surface area contributed by atoms with E-state index in [1.165, 1.54) is 16.7 Å². The number of aliphatic hydroxyl groups is 1. The van der Waals surface area contributed by atoms with E-state index >= 15 is 0 Å². The topological polar surface area (TPSA) is 32.3 Å². The van der Waals surface area contributed by atoms with Crippen LogP contribution in [-0.2, 0) is 6.54 Å². The van der Waals surface area contributed by atoms with Crippen molar-refractivity contribution in [2.75, 3.05) is 6.61 Å². The van der Waals surface area contributed by atoms with Gasteiger partial charge in [0.1, 0.15) is 0 Å². The highest BCUT2D eigenvalue weighted by Gasteiger charge is 2.00. The van der Waals surface area contributed by atoms with Crippen molar-refractivity contribution in [2.24, 2.45) is 0 Å². The van der Waals surface area contributed by atoms with Gasteiger partial charge in [-0.05, 0) is 37.5 Å². The minimum Gasteiger partial charge on any atom is -0.395 e. The Morgan fingerprint density at radius 2 is 2.00 bits per heavy atom. The van der Waals surface area contributed by atoms with Gasteiger partial charge in [0.2, 0.25) is 0 Å². The summed E-state index contributed by atoms with van der Waals surface area (Å²) in [5, 5.41) is 12.1. The van der Waals surface area contributed by atoms with Gasteiger partial charge in [0.25, 0.3) is 0 Å². The highest BCUT2D eigenvalue weighted by Crippen LogP contribution is 2.09. The van der Waals surface area contributed by atoms with Crippen LogP contribution in [0.5, 0.6) is 0 Å². The van der Waals surface area contributed by atoms with Crippen LogP contribution < -0.4 is 5.32 Å². The Bertz CT molecular complexity index is 296. The first-order chi connectivity index (χ1) is 6.63. The Balaban J connectivity index is 2.55. The SMILES string of the molecule is Cc1ccc(CNC(C)CO)cc1C. The second-order valence-electron chi connectivity index (χ2n) is 3.88. The molecule has 2 nitrogen and oxygen atoms in total. The number of rotatable bonds is 4. The number of nitrogens with one attached hydrogen (secondary N) is 1. The lowest BCUT2D eigenvalue weighted by Gasteiger charge is -2.11. The molecule has 0 saturated carbocycles. The average molecular weight is 193 g/mol. The van der Waals surface area contributed by atoms with E-state index in [2.05, 4.69) is 37.4 Å². The maximum Gasteiger partial charge on any atom is 0.0582 e. The smallest absolute Gasteiger partial charge is 0.0582 e. The fraction of sp³-hybridized carbons (Fsp3) is 0.500. The van der Waals surface area contributed by atoms with Gasteiger partial charge in [-0.1, -0.05) is 18.2 Å². The number of aryl methyl sites for hydroxylation is 2. The van der Waals surface area contributed by atoms with Crippen molar-refractivity contribution in [1.82, 2.24) is 5.32 Å². The van der Waals surface area contributed by atoms with Gasteiger partial charge in [0.15, 0.2) is 0 Å². The maximum absolute atomic E-state index is 8.85. The summed E-state index contributed by atoms with van der Waals surface area (Å²) in [7, 11) is 0. The third kappa shape index (κ3) is 3.13. The number of benzene rings is 1. The lowest BCUT2D eigenvalue weighted by atomic mass is 10.1. The highest BCUT2D eigenvalue weighted by molar-refractivity contribution is 5.29. The Labute approximate surface area is 86.0 Å². The third-order valence-corrected chi connectivity index (χ3v) is 2.50. The molecule has 0 aliphatic carbocycles. The lowest BCUT2D eigenvalue weighted by Crippen LogP contribution is -2.28. The Kier molecular flexibility index (Phi) is 4.11. The van der Waals surface area contributed by atoms with Crippen LogP contribution in [0.3, 0.4) is 0 Å². The van der Waals surface area contributed by atoms with Crippen LogP contribution >= 0.6 is 0 Å². The normalized spacial score (nSPS) is 12.9. The number of hydrogen-bond acceptors (Lipinski definition) is 2. The van der Waals surface area contributed by atoms with Crippen molar-refractivity contribution >= 4 is 0 Å². The zero-order valence-electron chi connectivity index (χ0n) is 9.17. The zero-order chi connectivity index (χ0) is 10.6. The Morgan fingerprint density at radius 1 is 1.29 bits per heavy atom. The summed E-state index contributed by atoms with van der Waals surface area (Å²) < 4.78 is 0. The maximum atomic E-state index is 8.85. The van der Waals surface area contributed by atoms with Crippen LogP contribution in [-0.4, -0.2) is 17.8 Å². The van der Waals surface area contributed by atoms with Gasteiger partial charge in [-0.15, -0.1) is 0 Å². The Morgan fingerprint density at radius 3 is 2.57 bits per heavy atom. The molecule has 2 N–H and O–H groups in total. The summed E-state index contributed by atoms with van der Waals surface area (Å²) in [6.45, 7) is 7.21. The summed E-state index contributed by atoms with van der Waals surface area (Å²) in [6.07, 6.45) is 0. The van der Waals surface area contributed by atoms with E-state index in [4.69, 9.17) is 5.11 Å². The van der Waals surface area contributed by atoms with Crippen molar-refractivity contribution in [2.45, 2.75) is 33.4 Å². The first-order valence-corrected chi connectivity index (χ1v) is 5.04. The van der Waals surface area contributed by atoms with Crippen LogP contribution in [0.4, 0.5) is 0 Å². The average Bonchev–Trinajstić information content (AvgIpc) is 2.19. The molecule has 1 aromatic rings. The highest BCUT2D eigenvalue weighted by atomic mass is 16.3. The van der Waals surface area contributed by atoms with Crippen molar-refractivity contribution in [3.8, 4) is 0 Å². The van der Waals surface area contributed by atoms with Crippen LogP contribution in [0.2, 0.25) is 0 Å². The van der Waals surface area contributed by atoms with Gasteiger partial charge in [0.05, 0.1) is 6.61 Å². The summed E-state index contributed by atoms with van der Waals surface area (Å²) in [4.78, 5) is 0. The van der Waals surface area contributed by atoms with E-state index in [0.29, 0.717) is 0 Å². The minimum atomic E-state index is 0.164. The van der Waals surface area contributed by atoms with E-state index in [1.54, 1.807) is 0 Å². The predicted molar refractivity (Wildman–Crippen MR) is 59.3 cm³/mol. The van der Waals surface area contributed by atoms with Crippen molar-refractivity contribution in [1.29, 1.82) is 0 Å². The van der Waals surface area contributed by atoms with Gasteiger partial charge in [0, 0.05) is 12.6 Å². The molecule has 0 radical (unpaired) electrons. The largest absolute Gasteiger partial charge is 0.395 e. The molecule has 0 aliphatic heterocycles. The Hall–Kier alpha value is -0.860. The molecule has 1 aromatic carbocycles. The molecule has 0 amide bonds. The van der Waals surface area contributed by atoms with E-state index in [-0.39, 0.29) is 12.6 Å². The zero-order valence-corrected chi connectivity index (χ0v) is 9.17. The first-order valence-electron chi connectivity index (χ1n) is 5.04. The van der Waals surface area contributed by atoms with Crippen LogP contribution in [0.15, 0.2) is 18.2 Å². The van der Waals surface area contributed by atoms with Gasteiger partial charge >= 0.3 is 0 Å². The molecular weight excluding hydrogens is 174 g/mol. The minimum absolute atomic E-state index is 0.164. The molecule has 78 valence electrons. The van der Waals surface area contributed by atoms with Crippen molar-refractivity contribution in [3.63, 3.8) is 0 Å². The number of hydrogen-bond donors (Lipinski definition) is 2. The summed E-state index contributed by atoms with van der Waals surface area (Å²) in [6, 6.07) is 6.61. The molecule has 0 aliphatic rings. The molecule has 1 unspecified atom stereocenters. The van der Waals surface area contributed by atoms with Gasteiger partial charge in [-0.25, -0.2) is 0 Å². The fourth-order valence-corrected chi connectivity index (χ4v) is 1.27. The van der Waals surface area contributed by atoms with Gasteiger partial charge in [-0.2, -0.15) is 0 Å². The van der Waals surface area contributed by atoms with E-state index in [1.807, 2.05) is 6.92 Å². The molecule has 0 saturated heterocycles. The number of aliphatic hydroxyl groups excluding tert-OH is 1. The van der Waals surface area contributed by atoms with Gasteiger partial charge < -0.3 is 10.4 Å². The fourth-order valence-electron chi connectivity index (χ4n) is 1.27. The van der Waals surface area contributed by atoms with Crippen LogP contribution in [0, 0.1) is 13.8 Å². The van der Waals surface area contributed by atoms with E-state index in [0.717, 1.165) is 6.54 Å². The van der Waals surface area contributed by atoms with Gasteiger partial charge in [-0.3, -0.25) is 0 Å². The molecule has 0 bridgehead atoms. The second-order valence-corrected chi connectivity index (χ2v) is 3.88. The molecule has 14 heavy (non-hydrogen) atoms. The van der Waals surface area contributed by atoms with Crippen molar-refractivity contribution in [3.05, 3.63) is 34.9 Å². The molecule has 2 heteroatoms. The molecule has 0 spiro atoms. The van der Waals surface area contributed by atoms with Crippen LogP contribution in [0.1, 0.15) is 23.6 Å². The summed E-state index contributed by atoms with van der Waals surface area (Å²) in [5.41, 5.74) is 3.92. The molecule has 1 atom stereocenters. The summed E-state index contributed by atoms with van der Waals surface area (Å²) in [5.74, 6) is 0. The van der Waals surface area contributed by atoms with E-state index < -0.39 is 0 Å². The van der Waals surface area contributed by atoms with Crippen LogP contribution in [0.25, 0.3) is 0 Å². The lowest BCUT2D eigenvalue weighted by molar-refractivity contribution is 0.251. The monoisotopic (exact) mass is 193 g/mol. The standard InChI is InChI=1S/C12H19NO/c1-9-4-5-12(6-10(9)2)7-13-11(3)8-14/h4-6,11,13-14H,7-8H2,1-3H3. The molecule has 0 fully saturated rings. The second kappa shape index (κ2) is 5.13. The third-order valence-electron chi connectivity index (χ3n) is 2.50. The molecule has 1 rings (SSSR count). The summed E-state index contributed by atoms with van der Waals surface area (Å²) >= 11 is 0. The first kappa shape index (κ1) is 11.2. The molecular formula is C12H19NO. The van der Waals surface area contributed by atoms with Crippen molar-refractivity contribution < 1.29 is 5.11 Å². The van der Waals surface area contributed by atoms with E-state index in [9.17, 15) is 0 Å². The quantitative estimate of drug-likeness (QED) is 0.764.